The molecule has 0 fully saturated rings. The molecule has 0 aliphatic heterocycles. The number of fused-ring (bicyclic) bond motifs is 6. The predicted octanol–water partition coefficient (Wildman–Crippen LogP) is 7.38. The minimum Gasteiger partial charge on any atom is -0.301 e. The van der Waals surface area contributed by atoms with Crippen LogP contribution >= 0.6 is 0 Å². The summed E-state index contributed by atoms with van der Waals surface area (Å²) in [7, 11) is 0. The van der Waals surface area contributed by atoms with Gasteiger partial charge in [-0.3, -0.25) is 4.98 Å². The summed E-state index contributed by atoms with van der Waals surface area (Å²) in [6.45, 7) is 1.99. The molecule has 0 spiro atoms. The molecule has 0 saturated heterocycles. The van der Waals surface area contributed by atoms with Gasteiger partial charge in [-0.25, -0.2) is 0 Å². The molecule has 0 bridgehead atoms. The third-order valence-electron chi connectivity index (χ3n) is 5.85. The van der Waals surface area contributed by atoms with Crippen LogP contribution < -0.4 is 0 Å². The van der Waals surface area contributed by atoms with E-state index in [9.17, 15) is 0 Å². The summed E-state index contributed by atoms with van der Waals surface area (Å²) >= 11 is 0. The Labute approximate surface area is 200 Å². The van der Waals surface area contributed by atoms with Crippen molar-refractivity contribution in [3.05, 3.63) is 109 Å². The third kappa shape index (κ3) is 3.40. The summed E-state index contributed by atoms with van der Waals surface area (Å²) in [5, 5.41) is 4.47. The Morgan fingerprint density at radius 2 is 1.28 bits per heavy atom. The fourth-order valence-corrected chi connectivity index (χ4v) is 4.33. The number of rotatable bonds is 2. The minimum absolute atomic E-state index is 0. The summed E-state index contributed by atoms with van der Waals surface area (Å²) in [5.41, 5.74) is 7.49. The van der Waals surface area contributed by atoms with E-state index >= 15 is 0 Å². The van der Waals surface area contributed by atoms with Crippen molar-refractivity contribution in [2.24, 2.45) is 0 Å². The fraction of sp³-hybridized carbons (Fsp3) is 0.0345. The number of benzene rings is 5. The van der Waals surface area contributed by atoms with Crippen LogP contribution in [0.2, 0.25) is 0 Å². The minimum atomic E-state index is 0. The van der Waals surface area contributed by atoms with Crippen LogP contribution in [0.25, 0.3) is 54.8 Å². The Kier molecular flexibility index (Phi) is 5.30. The molecule has 5 aromatic carbocycles. The van der Waals surface area contributed by atoms with Crippen LogP contribution in [0.15, 0.2) is 97.2 Å². The average molecular weight is 588 g/mol. The average Bonchev–Trinajstić information content (AvgIpc) is 2.84. The second-order valence-corrected chi connectivity index (χ2v) is 7.88. The molecule has 155 valence electrons. The Morgan fingerprint density at radius 3 is 2.00 bits per heavy atom. The number of nitrogens with zero attached hydrogens (tertiary/aromatic N) is 2. The van der Waals surface area contributed by atoms with Crippen molar-refractivity contribution in [1.82, 2.24) is 9.97 Å². The maximum Gasteiger partial charge on any atom is 0.0548 e. The van der Waals surface area contributed by atoms with Gasteiger partial charge >= 0.3 is 0 Å². The second kappa shape index (κ2) is 8.27. The molecule has 1 heterocycles. The van der Waals surface area contributed by atoms with E-state index in [1.807, 2.05) is 25.3 Å². The molecule has 0 atom stereocenters. The number of hydrogen-bond donors (Lipinski definition) is 0. The van der Waals surface area contributed by atoms with E-state index in [4.69, 9.17) is 9.97 Å². The topological polar surface area (TPSA) is 25.8 Å². The molecule has 1 radical (unpaired) electrons. The van der Waals surface area contributed by atoms with Gasteiger partial charge in [-0.2, -0.15) is 0 Å². The summed E-state index contributed by atoms with van der Waals surface area (Å²) in [6.07, 6.45) is 1.84. The van der Waals surface area contributed by atoms with Crippen LogP contribution in [-0.2, 0) is 20.1 Å². The van der Waals surface area contributed by atoms with E-state index in [0.29, 0.717) is 0 Å². The van der Waals surface area contributed by atoms with E-state index in [1.165, 1.54) is 22.1 Å². The first-order valence-corrected chi connectivity index (χ1v) is 10.4. The second-order valence-electron chi connectivity index (χ2n) is 7.88. The first kappa shape index (κ1) is 20.5. The van der Waals surface area contributed by atoms with Gasteiger partial charge in [0.2, 0.25) is 0 Å². The van der Waals surface area contributed by atoms with Crippen LogP contribution in [0.4, 0.5) is 0 Å². The van der Waals surface area contributed by atoms with Crippen molar-refractivity contribution in [2.75, 3.05) is 0 Å². The van der Waals surface area contributed by atoms with Crippen molar-refractivity contribution >= 4 is 32.6 Å². The van der Waals surface area contributed by atoms with Crippen LogP contribution in [0, 0.1) is 13.0 Å². The quantitative estimate of drug-likeness (QED) is 0.156. The molecular formula is C29H19IrN2-. The SMILES string of the molecule is Cc1cnc2c3[c-]cc(-c4ccccc4)cc3c3cc(-c4ccccc4)ccc3c2n1.[Ir]. The molecule has 1 aromatic heterocycles. The zero-order chi connectivity index (χ0) is 20.8. The van der Waals surface area contributed by atoms with Crippen molar-refractivity contribution in [1.29, 1.82) is 0 Å². The van der Waals surface area contributed by atoms with Gasteiger partial charge in [-0.15, -0.1) is 23.6 Å². The van der Waals surface area contributed by atoms with Gasteiger partial charge in [0.05, 0.1) is 11.2 Å². The van der Waals surface area contributed by atoms with Gasteiger partial charge in [0.15, 0.2) is 0 Å². The number of hydrogen-bond acceptors (Lipinski definition) is 2. The van der Waals surface area contributed by atoms with E-state index in [-0.39, 0.29) is 20.1 Å². The first-order valence-electron chi connectivity index (χ1n) is 10.4. The van der Waals surface area contributed by atoms with Crippen LogP contribution in [0.3, 0.4) is 0 Å². The molecule has 3 heteroatoms. The van der Waals surface area contributed by atoms with Crippen molar-refractivity contribution in [2.45, 2.75) is 6.92 Å². The Bertz CT molecular complexity index is 1580. The van der Waals surface area contributed by atoms with Crippen LogP contribution in [-0.4, -0.2) is 9.97 Å². The Balaban J connectivity index is 0.00000216. The molecule has 6 aromatic rings. The zero-order valence-electron chi connectivity index (χ0n) is 17.5. The largest absolute Gasteiger partial charge is 0.301 e. The van der Waals surface area contributed by atoms with E-state index in [1.54, 1.807) is 0 Å². The normalized spacial score (nSPS) is 11.0. The number of aromatic nitrogens is 2. The fourth-order valence-electron chi connectivity index (χ4n) is 4.33. The molecule has 0 N–H and O–H groups in total. The molecule has 0 aliphatic carbocycles. The molecule has 0 unspecified atom stereocenters. The molecule has 2 nitrogen and oxygen atoms in total. The summed E-state index contributed by atoms with van der Waals surface area (Å²) in [5.74, 6) is 0. The standard InChI is InChI=1S/C29H19N2.Ir/c1-19-18-30-28-24-14-12-22(20-8-4-2-5-9-20)16-26(24)27-17-23(21-10-6-3-7-11-21)13-15-25(27)29(28)31-19;/h2-13,15-18H,1H3;/q-1;. The molecular weight excluding hydrogens is 569 g/mol. The Morgan fingerprint density at radius 1 is 0.625 bits per heavy atom. The molecule has 0 saturated carbocycles. The van der Waals surface area contributed by atoms with E-state index in [0.717, 1.165) is 38.4 Å². The van der Waals surface area contributed by atoms with Gasteiger partial charge in [-0.05, 0) is 23.4 Å². The van der Waals surface area contributed by atoms with Crippen molar-refractivity contribution < 1.29 is 20.1 Å². The van der Waals surface area contributed by atoms with Crippen LogP contribution in [0.5, 0.6) is 0 Å². The van der Waals surface area contributed by atoms with E-state index in [2.05, 4.69) is 84.9 Å². The maximum atomic E-state index is 4.85. The third-order valence-corrected chi connectivity index (χ3v) is 5.85. The number of aryl methyl sites for hydroxylation is 1. The van der Waals surface area contributed by atoms with Gasteiger partial charge < -0.3 is 4.98 Å². The van der Waals surface area contributed by atoms with Crippen molar-refractivity contribution in [3.63, 3.8) is 0 Å². The van der Waals surface area contributed by atoms with E-state index < -0.39 is 0 Å². The van der Waals surface area contributed by atoms with Crippen molar-refractivity contribution in [3.8, 4) is 22.3 Å². The van der Waals surface area contributed by atoms with Gasteiger partial charge in [0.25, 0.3) is 0 Å². The van der Waals surface area contributed by atoms with Gasteiger partial charge in [0.1, 0.15) is 0 Å². The predicted molar refractivity (Wildman–Crippen MR) is 129 cm³/mol. The monoisotopic (exact) mass is 588 g/mol. The maximum absolute atomic E-state index is 4.85. The summed E-state index contributed by atoms with van der Waals surface area (Å²) in [4.78, 5) is 9.60. The Hall–Kier alpha value is -3.39. The summed E-state index contributed by atoms with van der Waals surface area (Å²) < 4.78 is 0. The zero-order valence-corrected chi connectivity index (χ0v) is 19.9. The smallest absolute Gasteiger partial charge is 0.0548 e. The molecule has 6 rings (SSSR count). The first-order chi connectivity index (χ1) is 15.3. The summed E-state index contributed by atoms with van der Waals surface area (Å²) in [6, 6.07) is 35.4. The molecule has 32 heavy (non-hydrogen) atoms. The molecule has 0 aliphatic rings. The van der Waals surface area contributed by atoms with Gasteiger partial charge in [-0.1, -0.05) is 101 Å². The van der Waals surface area contributed by atoms with Crippen LogP contribution in [0.1, 0.15) is 5.69 Å². The molecule has 0 amide bonds. The van der Waals surface area contributed by atoms with Gasteiger partial charge in [0, 0.05) is 31.8 Å².